The molecule has 1 heterocycles. The van der Waals surface area contributed by atoms with Crippen molar-refractivity contribution < 1.29 is 0 Å². The Bertz CT molecular complexity index is 253. The van der Waals surface area contributed by atoms with Gasteiger partial charge in [-0.25, -0.2) is 0 Å². The molecule has 4 atom stereocenters. The Morgan fingerprint density at radius 1 is 1.42 bits per heavy atom. The first-order chi connectivity index (χ1) is 5.90. The first kappa shape index (κ1) is 6.57. The lowest BCUT2D eigenvalue weighted by molar-refractivity contribution is 0.153. The van der Waals surface area contributed by atoms with Gasteiger partial charge in [-0.1, -0.05) is 0 Å². The van der Waals surface area contributed by atoms with Crippen LogP contribution in [0.1, 0.15) is 19.3 Å². The summed E-state index contributed by atoms with van der Waals surface area (Å²) >= 11 is 0. The zero-order valence-corrected chi connectivity index (χ0v) is 6.76. The normalized spacial score (nSPS) is 48.5. The molecule has 1 aliphatic heterocycles. The van der Waals surface area contributed by atoms with Gasteiger partial charge in [0.2, 0.25) is 0 Å². The maximum absolute atomic E-state index is 10.4. The van der Waals surface area contributed by atoms with Crippen LogP contribution < -0.4 is 0 Å². The Morgan fingerprint density at radius 3 is 3.08 bits per heavy atom. The van der Waals surface area contributed by atoms with E-state index in [-0.39, 0.29) is 0 Å². The lowest BCUT2D eigenvalue weighted by Crippen LogP contribution is -2.33. The second kappa shape index (κ2) is 2.06. The standard InChI is InChI=1S/C8H11N3O/c12-10-11-8-6-2-1-5(3-6)7(8)4-9-11/h4-8H,1-3H2. The molecular weight excluding hydrogens is 154 g/mol. The third kappa shape index (κ3) is 0.612. The summed E-state index contributed by atoms with van der Waals surface area (Å²) in [6.45, 7) is 0. The molecule has 3 rings (SSSR count). The molecule has 2 fully saturated rings. The van der Waals surface area contributed by atoms with Gasteiger partial charge in [-0.2, -0.15) is 5.10 Å². The lowest BCUT2D eigenvalue weighted by Gasteiger charge is -2.25. The van der Waals surface area contributed by atoms with Crippen LogP contribution in [0.3, 0.4) is 0 Å². The first-order valence-corrected chi connectivity index (χ1v) is 4.57. The predicted octanol–water partition coefficient (Wildman–Crippen LogP) is 1.38. The largest absolute Gasteiger partial charge is 0.165 e. The van der Waals surface area contributed by atoms with Crippen molar-refractivity contribution in [2.75, 3.05) is 0 Å². The van der Waals surface area contributed by atoms with Crippen LogP contribution in [0.4, 0.5) is 0 Å². The Morgan fingerprint density at radius 2 is 2.25 bits per heavy atom. The molecule has 64 valence electrons. The summed E-state index contributed by atoms with van der Waals surface area (Å²) in [5.74, 6) is 2.00. The molecule has 0 N–H and O–H groups in total. The van der Waals surface area contributed by atoms with Gasteiger partial charge < -0.3 is 0 Å². The van der Waals surface area contributed by atoms with Gasteiger partial charge in [-0.15, -0.1) is 10.0 Å². The van der Waals surface area contributed by atoms with E-state index in [1.54, 1.807) is 0 Å². The molecule has 0 spiro atoms. The summed E-state index contributed by atoms with van der Waals surface area (Å²) in [6.07, 6.45) is 5.80. The summed E-state index contributed by atoms with van der Waals surface area (Å²) in [4.78, 5) is 10.4. The summed E-state index contributed by atoms with van der Waals surface area (Å²) in [7, 11) is 0. The summed E-state index contributed by atoms with van der Waals surface area (Å²) < 4.78 is 0. The third-order valence-corrected chi connectivity index (χ3v) is 3.64. The highest BCUT2D eigenvalue weighted by Crippen LogP contribution is 2.51. The Labute approximate surface area is 70.6 Å². The smallest absolute Gasteiger partial charge is 0.0857 e. The van der Waals surface area contributed by atoms with E-state index in [0.29, 0.717) is 17.9 Å². The van der Waals surface area contributed by atoms with Gasteiger partial charge in [0, 0.05) is 12.1 Å². The first-order valence-electron chi connectivity index (χ1n) is 4.57. The number of hydrogen-bond donors (Lipinski definition) is 0. The van der Waals surface area contributed by atoms with E-state index in [2.05, 4.69) is 10.4 Å². The predicted molar refractivity (Wildman–Crippen MR) is 44.2 cm³/mol. The molecule has 3 aliphatic rings. The molecule has 2 aliphatic carbocycles. The van der Waals surface area contributed by atoms with Crippen LogP contribution in [0.5, 0.6) is 0 Å². The fourth-order valence-corrected chi connectivity index (χ4v) is 3.16. The number of fused-ring (bicyclic) bond motifs is 5. The van der Waals surface area contributed by atoms with Gasteiger partial charge in [-0.3, -0.25) is 0 Å². The van der Waals surface area contributed by atoms with Crippen molar-refractivity contribution in [2.45, 2.75) is 25.3 Å². The van der Waals surface area contributed by atoms with Crippen molar-refractivity contribution in [1.82, 2.24) is 5.12 Å². The van der Waals surface area contributed by atoms with Crippen LogP contribution in [-0.4, -0.2) is 17.4 Å². The fourth-order valence-electron chi connectivity index (χ4n) is 3.16. The monoisotopic (exact) mass is 165 g/mol. The van der Waals surface area contributed by atoms with Crippen molar-refractivity contribution >= 4 is 6.21 Å². The SMILES string of the molecule is O=NN1N=CC2C3CCC(C3)C21. The van der Waals surface area contributed by atoms with E-state index in [9.17, 15) is 4.91 Å². The molecule has 0 radical (unpaired) electrons. The van der Waals surface area contributed by atoms with E-state index in [1.165, 1.54) is 24.4 Å². The summed E-state index contributed by atoms with van der Waals surface area (Å²) in [5, 5.41) is 8.33. The van der Waals surface area contributed by atoms with E-state index < -0.39 is 0 Å². The molecule has 4 unspecified atom stereocenters. The Kier molecular flexibility index (Phi) is 1.13. The quantitative estimate of drug-likeness (QED) is 0.551. The molecule has 12 heavy (non-hydrogen) atoms. The fraction of sp³-hybridized carbons (Fsp3) is 0.875. The van der Waals surface area contributed by atoms with Crippen molar-refractivity contribution in [3.63, 3.8) is 0 Å². The highest BCUT2D eigenvalue weighted by Gasteiger charge is 2.52. The molecule has 0 aromatic rings. The average Bonchev–Trinajstić information content (AvgIpc) is 2.76. The minimum absolute atomic E-state index is 0.321. The molecule has 0 saturated heterocycles. The van der Waals surface area contributed by atoms with Crippen molar-refractivity contribution in [3.8, 4) is 0 Å². The third-order valence-electron chi connectivity index (χ3n) is 3.64. The van der Waals surface area contributed by atoms with Crippen LogP contribution in [0.15, 0.2) is 10.4 Å². The topological polar surface area (TPSA) is 45.0 Å². The molecule has 4 heteroatoms. The second-order valence-corrected chi connectivity index (χ2v) is 4.07. The Hall–Kier alpha value is -0.930. The van der Waals surface area contributed by atoms with E-state index in [0.717, 1.165) is 5.92 Å². The van der Waals surface area contributed by atoms with Gasteiger partial charge in [-0.05, 0) is 31.1 Å². The van der Waals surface area contributed by atoms with Crippen LogP contribution in [-0.2, 0) is 0 Å². The van der Waals surface area contributed by atoms with Crippen molar-refractivity contribution in [1.29, 1.82) is 0 Å². The van der Waals surface area contributed by atoms with Crippen molar-refractivity contribution in [2.24, 2.45) is 28.1 Å². The molecule has 0 amide bonds. The average molecular weight is 165 g/mol. The van der Waals surface area contributed by atoms with Crippen LogP contribution in [0.25, 0.3) is 0 Å². The number of nitroso groups, excluding NO2 is 1. The van der Waals surface area contributed by atoms with E-state index >= 15 is 0 Å². The summed E-state index contributed by atoms with van der Waals surface area (Å²) in [5.41, 5.74) is 0. The molecular formula is C8H11N3O. The van der Waals surface area contributed by atoms with Gasteiger partial charge in [0.15, 0.2) is 0 Å². The van der Waals surface area contributed by atoms with Gasteiger partial charge >= 0.3 is 0 Å². The minimum atomic E-state index is 0.321. The molecule has 2 bridgehead atoms. The minimum Gasteiger partial charge on any atom is -0.165 e. The molecule has 0 aromatic heterocycles. The number of nitrogens with zero attached hydrogens (tertiary/aromatic N) is 3. The second-order valence-electron chi connectivity index (χ2n) is 4.07. The maximum atomic E-state index is 10.4. The zero-order chi connectivity index (χ0) is 8.13. The zero-order valence-electron chi connectivity index (χ0n) is 6.76. The van der Waals surface area contributed by atoms with Crippen LogP contribution in [0.2, 0.25) is 0 Å². The molecule has 4 nitrogen and oxygen atoms in total. The number of rotatable bonds is 1. The van der Waals surface area contributed by atoms with E-state index in [1.807, 2.05) is 6.21 Å². The van der Waals surface area contributed by atoms with Gasteiger partial charge in [0.05, 0.1) is 11.3 Å². The Balaban J connectivity index is 1.93. The van der Waals surface area contributed by atoms with Crippen LogP contribution in [0, 0.1) is 22.7 Å². The molecule has 0 aromatic carbocycles. The number of hydrogen-bond acceptors (Lipinski definition) is 3. The van der Waals surface area contributed by atoms with Gasteiger partial charge in [0.25, 0.3) is 0 Å². The van der Waals surface area contributed by atoms with Gasteiger partial charge in [0.1, 0.15) is 0 Å². The number of hydrazone groups is 1. The highest BCUT2D eigenvalue weighted by atomic mass is 16.3. The summed E-state index contributed by atoms with van der Waals surface area (Å²) in [6, 6.07) is 0.321. The maximum Gasteiger partial charge on any atom is 0.0857 e. The van der Waals surface area contributed by atoms with Crippen molar-refractivity contribution in [3.05, 3.63) is 4.91 Å². The highest BCUT2D eigenvalue weighted by molar-refractivity contribution is 5.65. The van der Waals surface area contributed by atoms with Crippen LogP contribution >= 0.6 is 0 Å². The molecule has 2 saturated carbocycles. The van der Waals surface area contributed by atoms with E-state index in [4.69, 9.17) is 0 Å². The lowest BCUT2D eigenvalue weighted by atomic mass is 9.86.